The summed E-state index contributed by atoms with van der Waals surface area (Å²) in [7, 11) is -3.99. The molecular weight excluding hydrogens is 621 g/mol. The molecule has 1 fully saturated rings. The van der Waals surface area contributed by atoms with Crippen molar-refractivity contribution in [2.75, 3.05) is 30.8 Å². The third-order valence-corrected chi connectivity index (χ3v) is 8.69. The fourth-order valence-corrected chi connectivity index (χ4v) is 6.47. The van der Waals surface area contributed by atoms with E-state index >= 15 is 4.39 Å². The molecule has 1 aliphatic rings. The number of benzene rings is 2. The highest BCUT2D eigenvalue weighted by Crippen LogP contribution is 2.40. The van der Waals surface area contributed by atoms with E-state index in [2.05, 4.69) is 16.5 Å². The lowest BCUT2D eigenvalue weighted by Gasteiger charge is -2.40. The molecule has 15 heteroatoms. The Morgan fingerprint density at radius 2 is 1.76 bits per heavy atom. The number of para-hydroxylation sites is 1. The largest absolute Gasteiger partial charge is 0.419 e. The second-order valence-electron chi connectivity index (χ2n) is 10.6. The summed E-state index contributed by atoms with van der Waals surface area (Å²) < 4.78 is 98.8. The van der Waals surface area contributed by atoms with E-state index in [4.69, 9.17) is 0 Å². The number of nitrogens with zero attached hydrogens (tertiary/aromatic N) is 5. The molecule has 1 amide bonds. The van der Waals surface area contributed by atoms with Gasteiger partial charge in [0.25, 0.3) is 0 Å². The summed E-state index contributed by atoms with van der Waals surface area (Å²) in [5.74, 6) is -3.33. The fourth-order valence-electron chi connectivity index (χ4n) is 5.54. The number of anilines is 1. The minimum absolute atomic E-state index is 0.0767. The topological polar surface area (TPSA) is 105 Å². The number of aryl methyl sites for hydroxylation is 1. The van der Waals surface area contributed by atoms with Crippen LogP contribution in [0.25, 0.3) is 28.0 Å². The van der Waals surface area contributed by atoms with Crippen molar-refractivity contribution in [1.29, 1.82) is 0 Å². The molecular formula is C30H26F5N5O4S. The van der Waals surface area contributed by atoms with Crippen molar-refractivity contribution in [3.8, 4) is 16.9 Å². The van der Waals surface area contributed by atoms with Crippen molar-refractivity contribution in [2.24, 2.45) is 0 Å². The maximum atomic E-state index is 15.9. The van der Waals surface area contributed by atoms with Crippen LogP contribution in [0, 0.1) is 18.6 Å². The molecule has 1 atom stereocenters. The minimum atomic E-state index is -5.23. The molecule has 1 aliphatic heterocycles. The first-order chi connectivity index (χ1) is 21.0. The number of carbonyl (C=O) groups is 1. The van der Waals surface area contributed by atoms with Gasteiger partial charge in [-0.2, -0.15) is 18.2 Å². The second-order valence-corrected chi connectivity index (χ2v) is 12.6. The molecule has 1 saturated heterocycles. The van der Waals surface area contributed by atoms with Gasteiger partial charge in [-0.3, -0.25) is 4.79 Å². The zero-order chi connectivity index (χ0) is 33.0. The summed E-state index contributed by atoms with van der Waals surface area (Å²) in [6.45, 7) is 7.22. The van der Waals surface area contributed by atoms with Crippen LogP contribution < -0.4 is 10.6 Å². The number of amides is 1. The van der Waals surface area contributed by atoms with Gasteiger partial charge >= 0.3 is 11.9 Å². The first-order valence-corrected chi connectivity index (χ1v) is 15.4. The lowest BCUT2D eigenvalue weighted by molar-refractivity contribution is -0.139. The number of piperazine rings is 1. The third-order valence-electron chi connectivity index (χ3n) is 7.56. The van der Waals surface area contributed by atoms with E-state index in [1.807, 2.05) is 0 Å². The molecule has 0 bridgehead atoms. The molecule has 0 spiro atoms. The highest BCUT2D eigenvalue weighted by molar-refractivity contribution is 7.90. The Hall–Kier alpha value is -4.66. The molecule has 5 rings (SSSR count). The predicted octanol–water partition coefficient (Wildman–Crippen LogP) is 4.68. The highest BCUT2D eigenvalue weighted by atomic mass is 32.2. The Kier molecular flexibility index (Phi) is 8.02. The zero-order valence-corrected chi connectivity index (χ0v) is 25.0. The van der Waals surface area contributed by atoms with Crippen LogP contribution in [-0.2, 0) is 20.8 Å². The molecule has 2 aromatic carbocycles. The number of rotatable bonds is 5. The molecule has 45 heavy (non-hydrogen) atoms. The van der Waals surface area contributed by atoms with E-state index in [-0.39, 0.29) is 52.9 Å². The average molecular weight is 648 g/mol. The third kappa shape index (κ3) is 5.67. The fraction of sp³-hybridized carbons (Fsp3) is 0.267. The smallest absolute Gasteiger partial charge is 0.350 e. The van der Waals surface area contributed by atoms with Gasteiger partial charge in [0.1, 0.15) is 28.7 Å². The molecule has 236 valence electrons. The molecule has 0 radical (unpaired) electrons. The maximum Gasteiger partial charge on any atom is 0.419 e. The average Bonchev–Trinajstić information content (AvgIpc) is 2.95. The number of pyridine rings is 1. The van der Waals surface area contributed by atoms with Crippen LogP contribution in [0.2, 0.25) is 0 Å². The van der Waals surface area contributed by atoms with Gasteiger partial charge in [0.2, 0.25) is 5.91 Å². The standard InChI is InChI=1S/C30H26F5N5O4S/c1-5-23(41)38-12-13-39(17(3)15-38)27-19-14-21(32)25(18-9-7-10-20(31)24(18)30(33,34)35)36-28(19)40(29(42)37-27)26-16(2)8-6-11-22(26)45(4,43)44/h5-11,14,17H,1,12-13,15H2,2-4H3/t17-/m0/s1. The van der Waals surface area contributed by atoms with Crippen molar-refractivity contribution in [3.05, 3.63) is 88.4 Å². The van der Waals surface area contributed by atoms with Crippen molar-refractivity contribution in [3.63, 3.8) is 0 Å². The first kappa shape index (κ1) is 31.8. The van der Waals surface area contributed by atoms with E-state index in [9.17, 15) is 35.6 Å². The number of hydrogen-bond donors (Lipinski definition) is 0. The van der Waals surface area contributed by atoms with Crippen LogP contribution >= 0.6 is 0 Å². The van der Waals surface area contributed by atoms with Gasteiger partial charge in [-0.1, -0.05) is 30.8 Å². The number of hydrogen-bond acceptors (Lipinski definition) is 7. The maximum absolute atomic E-state index is 15.9. The Morgan fingerprint density at radius 3 is 2.38 bits per heavy atom. The molecule has 2 aromatic heterocycles. The lowest BCUT2D eigenvalue weighted by Crippen LogP contribution is -2.54. The van der Waals surface area contributed by atoms with Crippen molar-refractivity contribution in [2.45, 2.75) is 31.0 Å². The molecule has 9 nitrogen and oxygen atoms in total. The number of sulfone groups is 1. The summed E-state index contributed by atoms with van der Waals surface area (Å²) in [4.78, 5) is 37.3. The SMILES string of the molecule is C=CC(=O)N1CCN(c2nc(=O)n(-c3c(C)cccc3S(C)(=O)=O)c3nc(-c4cccc(F)c4C(F)(F)F)c(F)cc23)[C@@H](C)C1. The molecule has 3 heterocycles. The van der Waals surface area contributed by atoms with E-state index in [0.717, 1.165) is 35.1 Å². The van der Waals surface area contributed by atoms with Crippen molar-refractivity contribution in [1.82, 2.24) is 19.4 Å². The Bertz CT molecular complexity index is 2050. The van der Waals surface area contributed by atoms with Gasteiger partial charge in [0, 0.05) is 37.5 Å². The van der Waals surface area contributed by atoms with E-state index in [1.165, 1.54) is 30.0 Å². The van der Waals surface area contributed by atoms with Crippen LogP contribution in [0.5, 0.6) is 0 Å². The van der Waals surface area contributed by atoms with Crippen LogP contribution in [0.1, 0.15) is 18.1 Å². The molecule has 0 unspecified atom stereocenters. The van der Waals surface area contributed by atoms with Gasteiger partial charge in [0.05, 0.1) is 16.0 Å². The lowest BCUT2D eigenvalue weighted by atomic mass is 10.0. The summed E-state index contributed by atoms with van der Waals surface area (Å²) in [5.41, 5.74) is -4.95. The van der Waals surface area contributed by atoms with Gasteiger partial charge in [-0.15, -0.1) is 0 Å². The van der Waals surface area contributed by atoms with Gasteiger partial charge in [0.15, 0.2) is 15.5 Å². The molecule has 0 N–H and O–H groups in total. The Morgan fingerprint density at radius 1 is 1.07 bits per heavy atom. The normalized spacial score (nSPS) is 15.9. The summed E-state index contributed by atoms with van der Waals surface area (Å²) in [5, 5.41) is -0.126. The Labute approximate surface area is 254 Å². The number of alkyl halides is 3. The van der Waals surface area contributed by atoms with Crippen molar-refractivity contribution >= 4 is 32.6 Å². The monoisotopic (exact) mass is 647 g/mol. The number of carbonyl (C=O) groups excluding carboxylic acids is 1. The quantitative estimate of drug-likeness (QED) is 0.229. The number of halogens is 5. The van der Waals surface area contributed by atoms with Crippen LogP contribution in [0.15, 0.2) is 64.8 Å². The summed E-state index contributed by atoms with van der Waals surface area (Å²) in [6.07, 6.45) is -3.17. The van der Waals surface area contributed by atoms with Gasteiger partial charge in [-0.05, 0) is 43.7 Å². The zero-order valence-electron chi connectivity index (χ0n) is 24.2. The summed E-state index contributed by atoms with van der Waals surface area (Å²) in [6, 6.07) is 6.94. The predicted molar refractivity (Wildman–Crippen MR) is 157 cm³/mol. The number of aromatic nitrogens is 3. The van der Waals surface area contributed by atoms with E-state index in [1.54, 1.807) is 11.8 Å². The molecule has 0 saturated carbocycles. The molecule has 4 aromatic rings. The molecule has 0 aliphatic carbocycles. The van der Waals surface area contributed by atoms with E-state index < -0.39 is 61.8 Å². The Balaban J connectivity index is 1.88. The highest BCUT2D eigenvalue weighted by Gasteiger charge is 2.38. The first-order valence-electron chi connectivity index (χ1n) is 13.5. The van der Waals surface area contributed by atoms with Crippen LogP contribution in [0.4, 0.5) is 27.8 Å². The summed E-state index contributed by atoms with van der Waals surface area (Å²) >= 11 is 0. The van der Waals surface area contributed by atoms with Crippen molar-refractivity contribution < 1.29 is 35.2 Å². The van der Waals surface area contributed by atoms with Crippen LogP contribution in [-0.4, -0.2) is 65.7 Å². The van der Waals surface area contributed by atoms with Crippen LogP contribution in [0.3, 0.4) is 0 Å². The number of fused-ring (bicyclic) bond motifs is 1. The van der Waals surface area contributed by atoms with Gasteiger partial charge in [-0.25, -0.2) is 31.5 Å². The minimum Gasteiger partial charge on any atom is -0.350 e. The van der Waals surface area contributed by atoms with Gasteiger partial charge < -0.3 is 9.80 Å². The second kappa shape index (κ2) is 11.4. The van der Waals surface area contributed by atoms with E-state index in [0.29, 0.717) is 6.07 Å².